The second-order valence-electron chi connectivity index (χ2n) is 8.76. The van der Waals surface area contributed by atoms with Gasteiger partial charge in [0.1, 0.15) is 11.3 Å². The third kappa shape index (κ3) is 12.8. The molecule has 1 heterocycles. The summed E-state index contributed by atoms with van der Waals surface area (Å²) in [5, 5.41) is 0. The maximum Gasteiger partial charge on any atom is 0.349 e. The van der Waals surface area contributed by atoms with Crippen molar-refractivity contribution in [1.29, 1.82) is 0 Å². The van der Waals surface area contributed by atoms with Gasteiger partial charge in [-0.05, 0) is 19.8 Å². The number of carbonyl (C=O) groups excluding carboxylic acids is 2. The van der Waals surface area contributed by atoms with Crippen molar-refractivity contribution in [3.05, 3.63) is 35.8 Å². The third-order valence-electron chi connectivity index (χ3n) is 5.77. The lowest BCUT2D eigenvalue weighted by Crippen LogP contribution is -2.27. The van der Waals surface area contributed by atoms with Gasteiger partial charge in [0.25, 0.3) is 0 Å². The molecule has 1 N–H and O–H groups in total. The number of unbranched alkanes of at least 4 members (excludes halogenated alkanes) is 14. The van der Waals surface area contributed by atoms with Crippen LogP contribution in [-0.4, -0.2) is 18.4 Å². The van der Waals surface area contributed by atoms with Gasteiger partial charge in [0.05, 0.1) is 12.3 Å². The smallest absolute Gasteiger partial charge is 0.349 e. The highest BCUT2D eigenvalue weighted by Crippen LogP contribution is 2.21. The zero-order chi connectivity index (χ0) is 23.4. The van der Waals surface area contributed by atoms with Crippen LogP contribution in [-0.2, 0) is 19.2 Å². The van der Waals surface area contributed by atoms with Gasteiger partial charge in [-0.25, -0.2) is 4.79 Å². The Kier molecular flexibility index (Phi) is 16.4. The fourth-order valence-corrected chi connectivity index (χ4v) is 3.94. The average Bonchev–Trinajstić information content (AvgIpc) is 2.75. The van der Waals surface area contributed by atoms with Crippen molar-refractivity contribution in [1.82, 2.24) is 5.48 Å². The van der Waals surface area contributed by atoms with E-state index >= 15 is 0 Å². The minimum atomic E-state index is -0.610. The molecule has 0 spiro atoms. The van der Waals surface area contributed by atoms with Gasteiger partial charge in [-0.2, -0.15) is 0 Å². The molecule has 182 valence electrons. The molecule has 0 aliphatic carbocycles. The van der Waals surface area contributed by atoms with Crippen LogP contribution < -0.4 is 5.48 Å². The van der Waals surface area contributed by atoms with E-state index in [-0.39, 0.29) is 18.0 Å². The van der Waals surface area contributed by atoms with E-state index < -0.39 is 5.97 Å². The van der Waals surface area contributed by atoms with Crippen LogP contribution in [0, 0.1) is 0 Å². The second kappa shape index (κ2) is 18.7. The van der Waals surface area contributed by atoms with Crippen molar-refractivity contribution in [2.45, 2.75) is 117 Å². The van der Waals surface area contributed by atoms with Crippen LogP contribution in [0.5, 0.6) is 0 Å². The van der Waals surface area contributed by atoms with Gasteiger partial charge in [-0.3, -0.25) is 15.1 Å². The number of carbonyl (C=O) groups is 2. The Balaban J connectivity index is 2.18. The first-order valence-electron chi connectivity index (χ1n) is 12.8. The van der Waals surface area contributed by atoms with E-state index in [1.807, 2.05) is 0 Å². The largest absolute Gasteiger partial charge is 0.427 e. The Morgan fingerprint density at radius 3 is 1.88 bits per heavy atom. The number of hydrogen-bond donors (Lipinski definition) is 1. The second-order valence-corrected chi connectivity index (χ2v) is 8.76. The molecular formula is C27H45NO4. The van der Waals surface area contributed by atoms with Crippen molar-refractivity contribution >= 4 is 11.8 Å². The Labute approximate surface area is 195 Å². The molecule has 0 aromatic rings. The van der Waals surface area contributed by atoms with E-state index in [0.717, 1.165) is 12.8 Å². The highest BCUT2D eigenvalue weighted by molar-refractivity contribution is 6.24. The van der Waals surface area contributed by atoms with Gasteiger partial charge in [-0.1, -0.05) is 103 Å². The molecule has 0 aromatic carbocycles. The molecule has 0 amide bonds. The number of ether oxygens (including phenoxy) is 1. The number of hydrogen-bond acceptors (Lipinski definition) is 5. The number of cyclic esters (lactones) is 1. The van der Waals surface area contributed by atoms with Crippen LogP contribution >= 0.6 is 0 Å². The molecule has 1 rings (SSSR count). The maximum atomic E-state index is 12.3. The lowest BCUT2D eigenvalue weighted by molar-refractivity contribution is -0.137. The summed E-state index contributed by atoms with van der Waals surface area (Å²) in [6.07, 6.45) is 23.0. The summed E-state index contributed by atoms with van der Waals surface area (Å²) in [5.41, 5.74) is 3.32. The predicted octanol–water partition coefficient (Wildman–Crippen LogP) is 7.24. The van der Waals surface area contributed by atoms with Gasteiger partial charge in [0.15, 0.2) is 5.78 Å². The molecule has 0 saturated carbocycles. The lowest BCUT2D eigenvalue weighted by Gasteiger charge is -2.17. The van der Waals surface area contributed by atoms with Crippen LogP contribution in [0.2, 0.25) is 0 Å². The summed E-state index contributed by atoms with van der Waals surface area (Å²) in [4.78, 5) is 29.8. The highest BCUT2D eigenvalue weighted by atomic mass is 16.6. The van der Waals surface area contributed by atoms with Crippen LogP contribution in [0.4, 0.5) is 0 Å². The molecule has 0 radical (unpaired) electrons. The summed E-state index contributed by atoms with van der Waals surface area (Å²) >= 11 is 0. The van der Waals surface area contributed by atoms with Crippen molar-refractivity contribution in [2.75, 3.05) is 6.61 Å². The van der Waals surface area contributed by atoms with Crippen molar-refractivity contribution in [3.63, 3.8) is 0 Å². The fraction of sp³-hybridized carbons (Fsp3) is 0.704. The zero-order valence-electron chi connectivity index (χ0n) is 20.5. The SMILES string of the molecule is C=CCONC(CCCCCCCCCCCCCCCCC)=C1C(=O)C=C(C)OC1=O. The van der Waals surface area contributed by atoms with E-state index in [2.05, 4.69) is 19.0 Å². The molecule has 5 nitrogen and oxygen atoms in total. The molecule has 0 aromatic heterocycles. The quantitative estimate of drug-likeness (QED) is 0.0532. The average molecular weight is 448 g/mol. The standard InChI is InChI=1S/C27H45NO4/c1-4-6-7-8-9-10-11-12-13-14-15-16-17-18-19-20-24(28-31-21-5-2)26-25(29)22-23(3)32-27(26)30/h5,22,28H,2,4,6-21H2,1,3H3. The third-order valence-corrected chi connectivity index (χ3v) is 5.77. The van der Waals surface area contributed by atoms with Gasteiger partial charge < -0.3 is 4.74 Å². The molecule has 0 atom stereocenters. The molecule has 5 heteroatoms. The minimum Gasteiger partial charge on any atom is -0.427 e. The van der Waals surface area contributed by atoms with E-state index in [1.165, 1.54) is 89.5 Å². The predicted molar refractivity (Wildman–Crippen MR) is 131 cm³/mol. The summed E-state index contributed by atoms with van der Waals surface area (Å²) in [7, 11) is 0. The Morgan fingerprint density at radius 1 is 0.906 bits per heavy atom. The number of allylic oxidation sites excluding steroid dienone is 3. The van der Waals surface area contributed by atoms with E-state index in [4.69, 9.17) is 9.57 Å². The highest BCUT2D eigenvalue weighted by Gasteiger charge is 2.28. The number of hydroxylamine groups is 1. The minimum absolute atomic E-state index is 0.0463. The fourth-order valence-electron chi connectivity index (χ4n) is 3.94. The molecular weight excluding hydrogens is 402 g/mol. The first-order valence-corrected chi connectivity index (χ1v) is 12.8. The molecule has 0 unspecified atom stereocenters. The molecule has 0 fully saturated rings. The zero-order valence-corrected chi connectivity index (χ0v) is 20.5. The summed E-state index contributed by atoms with van der Waals surface area (Å²) in [6.45, 7) is 7.76. The Hall–Kier alpha value is -1.88. The number of rotatable bonds is 20. The van der Waals surface area contributed by atoms with Crippen LogP contribution in [0.15, 0.2) is 35.8 Å². The topological polar surface area (TPSA) is 64.6 Å². The van der Waals surface area contributed by atoms with Crippen LogP contribution in [0.3, 0.4) is 0 Å². The molecule has 1 aliphatic rings. The van der Waals surface area contributed by atoms with E-state index in [0.29, 0.717) is 17.9 Å². The first kappa shape index (κ1) is 28.2. The molecule has 0 bridgehead atoms. The van der Waals surface area contributed by atoms with Crippen molar-refractivity contribution < 1.29 is 19.2 Å². The van der Waals surface area contributed by atoms with Gasteiger partial charge in [0.2, 0.25) is 0 Å². The number of nitrogens with one attached hydrogen (secondary N) is 1. The molecule has 1 aliphatic heterocycles. The van der Waals surface area contributed by atoms with Crippen LogP contribution in [0.1, 0.15) is 117 Å². The van der Waals surface area contributed by atoms with Gasteiger partial charge >= 0.3 is 5.97 Å². The van der Waals surface area contributed by atoms with Gasteiger partial charge in [0, 0.05) is 6.08 Å². The first-order chi connectivity index (χ1) is 15.6. The Morgan fingerprint density at radius 2 is 1.41 bits per heavy atom. The summed E-state index contributed by atoms with van der Waals surface area (Å²) < 4.78 is 5.11. The number of ketones is 1. The molecule has 0 saturated heterocycles. The van der Waals surface area contributed by atoms with Crippen LogP contribution in [0.25, 0.3) is 0 Å². The summed E-state index contributed by atoms with van der Waals surface area (Å²) in [6, 6.07) is 0. The normalized spacial score (nSPS) is 15.4. The van der Waals surface area contributed by atoms with Crippen molar-refractivity contribution in [2.24, 2.45) is 0 Å². The molecule has 32 heavy (non-hydrogen) atoms. The Bertz CT molecular complexity index is 621. The number of esters is 1. The van der Waals surface area contributed by atoms with E-state index in [1.54, 1.807) is 13.0 Å². The monoisotopic (exact) mass is 447 g/mol. The lowest BCUT2D eigenvalue weighted by atomic mass is 10.0. The maximum absolute atomic E-state index is 12.3. The van der Waals surface area contributed by atoms with Crippen molar-refractivity contribution in [3.8, 4) is 0 Å². The summed E-state index contributed by atoms with van der Waals surface area (Å²) in [5.74, 6) is -0.618. The van der Waals surface area contributed by atoms with E-state index in [9.17, 15) is 9.59 Å². The van der Waals surface area contributed by atoms with Gasteiger partial charge in [-0.15, -0.1) is 6.58 Å².